The number of hydrogen-bond acceptors (Lipinski definition) is 3. The summed E-state index contributed by atoms with van der Waals surface area (Å²) in [5.41, 5.74) is 0. The third kappa shape index (κ3) is 35.0. The molecule has 1 unspecified atom stereocenters. The molecule has 4 nitrogen and oxygen atoms in total. The van der Waals surface area contributed by atoms with Crippen LogP contribution in [0, 0.1) is 0 Å². The Morgan fingerprint density at radius 3 is 1.33 bits per heavy atom. The van der Waals surface area contributed by atoms with Gasteiger partial charge in [-0.05, 0) is 57.8 Å². The maximum Gasteiger partial charge on any atom is 0.306 e. The quantitative estimate of drug-likeness (QED) is 0.0443. The monoisotopic (exact) mass is 607 g/mol. The lowest BCUT2D eigenvalue weighted by atomic mass is 10.0. The van der Waals surface area contributed by atoms with Gasteiger partial charge in [0.1, 0.15) is 6.10 Å². The van der Waals surface area contributed by atoms with Crippen molar-refractivity contribution < 1.29 is 19.4 Å². The van der Waals surface area contributed by atoms with E-state index in [0.29, 0.717) is 12.8 Å². The Hall–Kier alpha value is -1.32. The van der Waals surface area contributed by atoms with Crippen LogP contribution in [0.25, 0.3) is 0 Å². The molecule has 0 aromatic heterocycles. The van der Waals surface area contributed by atoms with Crippen molar-refractivity contribution in [3.05, 3.63) is 12.2 Å². The summed E-state index contributed by atoms with van der Waals surface area (Å²) in [6.45, 7) is 4.52. The summed E-state index contributed by atoms with van der Waals surface area (Å²) in [7, 11) is 0. The summed E-state index contributed by atoms with van der Waals surface area (Å²) in [6.07, 6.45) is 42.3. The highest BCUT2D eigenvalue weighted by atomic mass is 16.5. The second-order valence-corrected chi connectivity index (χ2v) is 13.1. The molecule has 0 saturated carbocycles. The molecule has 0 aliphatic heterocycles. The summed E-state index contributed by atoms with van der Waals surface area (Å²) < 4.78 is 6.02. The highest BCUT2D eigenvalue weighted by Gasteiger charge is 2.14. The van der Waals surface area contributed by atoms with E-state index in [1.807, 2.05) is 0 Å². The van der Waals surface area contributed by atoms with E-state index < -0.39 is 5.97 Å². The van der Waals surface area contributed by atoms with Crippen LogP contribution in [0.5, 0.6) is 0 Å². The molecular formula is C39H74O4. The Morgan fingerprint density at radius 1 is 0.488 bits per heavy atom. The fourth-order valence-electron chi connectivity index (χ4n) is 5.87. The molecule has 4 heteroatoms. The van der Waals surface area contributed by atoms with Gasteiger partial charge >= 0.3 is 11.9 Å². The van der Waals surface area contributed by atoms with E-state index in [0.717, 1.165) is 51.4 Å². The van der Waals surface area contributed by atoms with E-state index in [-0.39, 0.29) is 12.1 Å². The fourth-order valence-corrected chi connectivity index (χ4v) is 5.87. The van der Waals surface area contributed by atoms with Gasteiger partial charge in [-0.1, -0.05) is 161 Å². The number of carboxylic acids is 1. The van der Waals surface area contributed by atoms with Crippen LogP contribution >= 0.6 is 0 Å². The molecule has 0 amide bonds. The van der Waals surface area contributed by atoms with Gasteiger partial charge in [0.2, 0.25) is 0 Å². The lowest BCUT2D eigenvalue weighted by Gasteiger charge is -2.18. The van der Waals surface area contributed by atoms with E-state index >= 15 is 0 Å². The first kappa shape index (κ1) is 41.7. The fraction of sp³-hybridized carbons (Fsp3) is 0.897. The topological polar surface area (TPSA) is 63.6 Å². The van der Waals surface area contributed by atoms with Gasteiger partial charge in [-0.15, -0.1) is 0 Å². The van der Waals surface area contributed by atoms with Gasteiger partial charge in [-0.2, -0.15) is 0 Å². The van der Waals surface area contributed by atoms with E-state index in [4.69, 9.17) is 9.84 Å². The SMILES string of the molecule is CCCC/C=C\CCCCCCCCC(=O)OC(CCCCCCCCCCCCC)CCCCCCCCCC(=O)O. The maximum absolute atomic E-state index is 12.6. The van der Waals surface area contributed by atoms with Crippen LogP contribution in [0.2, 0.25) is 0 Å². The van der Waals surface area contributed by atoms with Gasteiger partial charge in [-0.3, -0.25) is 9.59 Å². The molecule has 0 rings (SSSR count). The van der Waals surface area contributed by atoms with Crippen molar-refractivity contribution in [2.75, 3.05) is 0 Å². The van der Waals surface area contributed by atoms with Crippen LogP contribution in [0.3, 0.4) is 0 Å². The predicted molar refractivity (Wildman–Crippen MR) is 186 cm³/mol. The van der Waals surface area contributed by atoms with Crippen molar-refractivity contribution in [3.63, 3.8) is 0 Å². The summed E-state index contributed by atoms with van der Waals surface area (Å²) in [6, 6.07) is 0. The van der Waals surface area contributed by atoms with Crippen molar-refractivity contribution in [3.8, 4) is 0 Å². The number of carboxylic acid groups (broad SMARTS) is 1. The molecule has 0 aromatic carbocycles. The Kier molecular flexibility index (Phi) is 34.1. The van der Waals surface area contributed by atoms with Crippen LogP contribution in [0.4, 0.5) is 0 Å². The predicted octanol–water partition coefficient (Wildman–Crippen LogP) is 13.1. The molecule has 0 bridgehead atoms. The van der Waals surface area contributed by atoms with Crippen LogP contribution in [-0.2, 0) is 14.3 Å². The zero-order valence-corrected chi connectivity index (χ0v) is 29.0. The molecule has 1 atom stereocenters. The largest absolute Gasteiger partial charge is 0.481 e. The number of carbonyl (C=O) groups excluding carboxylic acids is 1. The van der Waals surface area contributed by atoms with Crippen molar-refractivity contribution in [2.24, 2.45) is 0 Å². The first-order valence-corrected chi connectivity index (χ1v) is 19.2. The summed E-state index contributed by atoms with van der Waals surface area (Å²) in [5.74, 6) is -0.668. The Labute approximate surface area is 268 Å². The zero-order chi connectivity index (χ0) is 31.5. The standard InChI is InChI=1S/C39H74O4/c1-3-5-7-9-11-13-15-17-19-24-28-32-36-39(42)43-37(34-30-26-22-20-23-27-31-35-38(40)41)33-29-25-21-18-16-14-12-10-8-6-4-2/h9,11,37H,3-8,10,12-36H2,1-2H3,(H,40,41)/b11-9-. The number of aliphatic carboxylic acids is 1. The minimum atomic E-state index is -0.685. The first-order chi connectivity index (χ1) is 21.1. The third-order valence-electron chi connectivity index (χ3n) is 8.74. The van der Waals surface area contributed by atoms with Gasteiger partial charge < -0.3 is 9.84 Å². The molecule has 0 aliphatic rings. The third-order valence-corrected chi connectivity index (χ3v) is 8.74. The molecule has 0 saturated heterocycles. The van der Waals surface area contributed by atoms with Crippen molar-refractivity contribution in [1.29, 1.82) is 0 Å². The van der Waals surface area contributed by atoms with Gasteiger partial charge in [-0.25, -0.2) is 0 Å². The number of hydrogen-bond donors (Lipinski definition) is 1. The summed E-state index contributed by atoms with van der Waals surface area (Å²) in [4.78, 5) is 23.3. The second kappa shape index (κ2) is 35.2. The highest BCUT2D eigenvalue weighted by Crippen LogP contribution is 2.19. The Bertz CT molecular complexity index is 614. The molecule has 0 heterocycles. The molecule has 43 heavy (non-hydrogen) atoms. The van der Waals surface area contributed by atoms with Gasteiger partial charge in [0.05, 0.1) is 0 Å². The van der Waals surface area contributed by atoms with Gasteiger partial charge in [0.15, 0.2) is 0 Å². The Balaban J connectivity index is 4.08. The average molecular weight is 607 g/mol. The zero-order valence-electron chi connectivity index (χ0n) is 29.0. The number of esters is 1. The van der Waals surface area contributed by atoms with Crippen LogP contribution in [0.1, 0.15) is 219 Å². The number of rotatable bonds is 35. The normalized spacial score (nSPS) is 12.2. The van der Waals surface area contributed by atoms with Crippen LogP contribution in [0.15, 0.2) is 12.2 Å². The van der Waals surface area contributed by atoms with Crippen LogP contribution in [-0.4, -0.2) is 23.1 Å². The van der Waals surface area contributed by atoms with E-state index in [1.165, 1.54) is 141 Å². The number of ether oxygens (including phenoxy) is 1. The molecule has 0 spiro atoms. The number of allylic oxidation sites excluding steroid dienone is 2. The lowest BCUT2D eigenvalue weighted by molar-refractivity contribution is -0.150. The second-order valence-electron chi connectivity index (χ2n) is 13.1. The van der Waals surface area contributed by atoms with Crippen molar-refractivity contribution in [1.82, 2.24) is 0 Å². The molecule has 0 radical (unpaired) electrons. The molecule has 254 valence electrons. The lowest BCUT2D eigenvalue weighted by Crippen LogP contribution is -2.18. The molecular weight excluding hydrogens is 532 g/mol. The first-order valence-electron chi connectivity index (χ1n) is 19.2. The van der Waals surface area contributed by atoms with Crippen molar-refractivity contribution in [2.45, 2.75) is 225 Å². The highest BCUT2D eigenvalue weighted by molar-refractivity contribution is 5.69. The van der Waals surface area contributed by atoms with Gasteiger partial charge in [0.25, 0.3) is 0 Å². The number of carbonyl (C=O) groups is 2. The molecule has 1 N–H and O–H groups in total. The van der Waals surface area contributed by atoms with E-state index in [9.17, 15) is 9.59 Å². The van der Waals surface area contributed by atoms with E-state index in [1.54, 1.807) is 0 Å². The van der Waals surface area contributed by atoms with Crippen LogP contribution < -0.4 is 0 Å². The Morgan fingerprint density at radius 2 is 0.860 bits per heavy atom. The van der Waals surface area contributed by atoms with Gasteiger partial charge in [0, 0.05) is 12.8 Å². The number of unbranched alkanes of at least 4 members (excludes halogenated alkanes) is 24. The summed E-state index contributed by atoms with van der Waals surface area (Å²) in [5, 5.41) is 8.76. The molecule has 0 aliphatic carbocycles. The minimum absolute atomic E-state index is 0.0173. The average Bonchev–Trinajstić information content (AvgIpc) is 2.99. The molecule has 0 fully saturated rings. The smallest absolute Gasteiger partial charge is 0.306 e. The van der Waals surface area contributed by atoms with E-state index in [2.05, 4.69) is 26.0 Å². The maximum atomic E-state index is 12.6. The van der Waals surface area contributed by atoms with Crippen molar-refractivity contribution >= 4 is 11.9 Å². The summed E-state index contributed by atoms with van der Waals surface area (Å²) >= 11 is 0. The molecule has 0 aromatic rings. The minimum Gasteiger partial charge on any atom is -0.481 e.